The van der Waals surface area contributed by atoms with Gasteiger partial charge >= 0.3 is 0 Å². The summed E-state index contributed by atoms with van der Waals surface area (Å²) in [7, 11) is 0. The van der Waals surface area contributed by atoms with Gasteiger partial charge in [-0.15, -0.1) is 0 Å². The number of aliphatic hydroxyl groups excluding tert-OH is 1. The number of nitrogen functional groups attached to an aromatic ring is 1. The van der Waals surface area contributed by atoms with E-state index in [0.29, 0.717) is 10.8 Å². The van der Waals surface area contributed by atoms with Crippen molar-refractivity contribution in [2.24, 2.45) is 0 Å². The van der Waals surface area contributed by atoms with Crippen molar-refractivity contribution in [1.29, 1.82) is 0 Å². The maximum Gasteiger partial charge on any atom is 0.130 e. The van der Waals surface area contributed by atoms with E-state index in [1.165, 1.54) is 6.20 Å². The molecule has 1 unspecified atom stereocenters. The minimum atomic E-state index is -0.379. The SMILES string of the molecule is Nc1ncc(Cl)cc1C1=CC(O)CCCC1. The van der Waals surface area contributed by atoms with Crippen LogP contribution in [0, 0.1) is 0 Å². The first-order valence-electron chi connectivity index (χ1n) is 5.47. The normalized spacial score (nSPS) is 21.4. The number of hydrogen-bond acceptors (Lipinski definition) is 3. The predicted molar refractivity (Wildman–Crippen MR) is 66.1 cm³/mol. The number of halogens is 1. The third-order valence-electron chi connectivity index (χ3n) is 2.82. The molecule has 1 aliphatic rings. The Kier molecular flexibility index (Phi) is 3.46. The third kappa shape index (κ3) is 2.54. The molecule has 16 heavy (non-hydrogen) atoms. The van der Waals surface area contributed by atoms with Crippen LogP contribution in [0.4, 0.5) is 5.82 Å². The third-order valence-corrected chi connectivity index (χ3v) is 3.03. The highest BCUT2D eigenvalue weighted by Crippen LogP contribution is 2.30. The number of nitrogens with zero attached hydrogens (tertiary/aromatic N) is 1. The van der Waals surface area contributed by atoms with Crippen LogP contribution in [-0.4, -0.2) is 16.2 Å². The van der Waals surface area contributed by atoms with E-state index in [1.807, 2.05) is 12.1 Å². The van der Waals surface area contributed by atoms with Crippen molar-refractivity contribution in [3.05, 3.63) is 28.9 Å². The molecule has 0 saturated heterocycles. The van der Waals surface area contributed by atoms with Gasteiger partial charge in [-0.1, -0.05) is 24.1 Å². The second-order valence-electron chi connectivity index (χ2n) is 4.09. The van der Waals surface area contributed by atoms with Crippen LogP contribution in [0.2, 0.25) is 5.02 Å². The summed E-state index contributed by atoms with van der Waals surface area (Å²) in [6, 6.07) is 1.81. The van der Waals surface area contributed by atoms with E-state index in [4.69, 9.17) is 17.3 Å². The maximum absolute atomic E-state index is 9.71. The molecule has 1 aromatic heterocycles. The lowest BCUT2D eigenvalue weighted by Gasteiger charge is -2.09. The molecule has 86 valence electrons. The van der Waals surface area contributed by atoms with Crippen molar-refractivity contribution in [3.63, 3.8) is 0 Å². The van der Waals surface area contributed by atoms with Crippen LogP contribution in [0.25, 0.3) is 5.57 Å². The Hall–Kier alpha value is -1.06. The van der Waals surface area contributed by atoms with Gasteiger partial charge in [0.2, 0.25) is 0 Å². The lowest BCUT2D eigenvalue weighted by Crippen LogP contribution is -2.02. The summed E-state index contributed by atoms with van der Waals surface area (Å²) in [6.07, 6.45) is 6.87. The largest absolute Gasteiger partial charge is 0.389 e. The van der Waals surface area contributed by atoms with Crippen LogP contribution in [0.1, 0.15) is 31.2 Å². The molecule has 0 saturated carbocycles. The predicted octanol–water partition coefficient (Wildman–Crippen LogP) is 2.64. The molecule has 1 aromatic rings. The zero-order valence-electron chi connectivity index (χ0n) is 8.99. The monoisotopic (exact) mass is 238 g/mol. The standard InChI is InChI=1S/C12H15ClN2O/c13-9-6-11(12(14)15-7-9)8-3-1-2-4-10(16)5-8/h5-7,10,16H,1-4H2,(H2,14,15). The quantitative estimate of drug-likeness (QED) is 0.791. The lowest BCUT2D eigenvalue weighted by atomic mass is 10.0. The first-order chi connectivity index (χ1) is 7.66. The Balaban J connectivity index is 2.38. The summed E-state index contributed by atoms with van der Waals surface area (Å²) in [5, 5.41) is 10.3. The topological polar surface area (TPSA) is 59.1 Å². The number of rotatable bonds is 1. The molecule has 1 heterocycles. The second-order valence-corrected chi connectivity index (χ2v) is 4.53. The molecule has 3 nitrogen and oxygen atoms in total. The van der Waals surface area contributed by atoms with Gasteiger partial charge in [0.1, 0.15) is 5.82 Å². The first kappa shape index (κ1) is 11.4. The van der Waals surface area contributed by atoms with Gasteiger partial charge in [0.15, 0.2) is 0 Å². The molecule has 0 aromatic carbocycles. The molecule has 0 amide bonds. The summed E-state index contributed by atoms with van der Waals surface area (Å²) >= 11 is 5.91. The summed E-state index contributed by atoms with van der Waals surface area (Å²) in [4.78, 5) is 4.03. The minimum absolute atomic E-state index is 0.379. The molecular weight excluding hydrogens is 224 g/mol. The lowest BCUT2D eigenvalue weighted by molar-refractivity contribution is 0.211. The van der Waals surface area contributed by atoms with Crippen molar-refractivity contribution in [2.75, 3.05) is 5.73 Å². The fourth-order valence-corrected chi connectivity index (χ4v) is 2.16. The number of hydrogen-bond donors (Lipinski definition) is 2. The van der Waals surface area contributed by atoms with Gasteiger partial charge in [0.25, 0.3) is 0 Å². The zero-order chi connectivity index (χ0) is 11.5. The fraction of sp³-hybridized carbons (Fsp3) is 0.417. The van der Waals surface area contributed by atoms with Gasteiger partial charge in [-0.05, 0) is 30.9 Å². The van der Waals surface area contributed by atoms with Crippen LogP contribution < -0.4 is 5.73 Å². The molecule has 2 rings (SSSR count). The Morgan fingerprint density at radius 2 is 2.25 bits per heavy atom. The van der Waals surface area contributed by atoms with E-state index in [9.17, 15) is 5.11 Å². The van der Waals surface area contributed by atoms with E-state index in [2.05, 4.69) is 4.98 Å². The summed E-state index contributed by atoms with van der Waals surface area (Å²) in [5.41, 5.74) is 7.73. The molecule has 4 heteroatoms. The smallest absolute Gasteiger partial charge is 0.130 e. The molecule has 0 radical (unpaired) electrons. The molecule has 0 bridgehead atoms. The molecule has 0 fully saturated rings. The van der Waals surface area contributed by atoms with Gasteiger partial charge < -0.3 is 10.8 Å². The number of aliphatic hydroxyl groups is 1. The van der Waals surface area contributed by atoms with Crippen LogP contribution >= 0.6 is 11.6 Å². The van der Waals surface area contributed by atoms with Gasteiger partial charge in [-0.2, -0.15) is 0 Å². The van der Waals surface area contributed by atoms with E-state index in [-0.39, 0.29) is 6.10 Å². The molecule has 1 aliphatic carbocycles. The molecule has 1 atom stereocenters. The van der Waals surface area contributed by atoms with Crippen molar-refractivity contribution < 1.29 is 5.11 Å². The van der Waals surface area contributed by atoms with Crippen LogP contribution in [-0.2, 0) is 0 Å². The number of aromatic nitrogens is 1. The zero-order valence-corrected chi connectivity index (χ0v) is 9.74. The highest BCUT2D eigenvalue weighted by molar-refractivity contribution is 6.30. The van der Waals surface area contributed by atoms with Gasteiger partial charge in [-0.3, -0.25) is 0 Å². The van der Waals surface area contributed by atoms with E-state index >= 15 is 0 Å². The molecular formula is C12H15ClN2O. The van der Waals surface area contributed by atoms with E-state index in [0.717, 1.165) is 36.8 Å². The number of nitrogens with two attached hydrogens (primary N) is 1. The van der Waals surface area contributed by atoms with E-state index < -0.39 is 0 Å². The van der Waals surface area contributed by atoms with Gasteiger partial charge in [0.05, 0.1) is 11.1 Å². The second kappa shape index (κ2) is 4.85. The van der Waals surface area contributed by atoms with Gasteiger partial charge in [0, 0.05) is 11.8 Å². The highest BCUT2D eigenvalue weighted by atomic mass is 35.5. The first-order valence-corrected chi connectivity index (χ1v) is 5.85. The summed E-state index contributed by atoms with van der Waals surface area (Å²) < 4.78 is 0. The Morgan fingerprint density at radius 3 is 3.06 bits per heavy atom. The molecule has 0 aliphatic heterocycles. The highest BCUT2D eigenvalue weighted by Gasteiger charge is 2.13. The summed E-state index contributed by atoms with van der Waals surface area (Å²) in [5.74, 6) is 0.477. The van der Waals surface area contributed by atoms with Crippen molar-refractivity contribution in [2.45, 2.75) is 31.8 Å². The number of pyridine rings is 1. The fourth-order valence-electron chi connectivity index (χ4n) is 2.00. The maximum atomic E-state index is 9.71. The minimum Gasteiger partial charge on any atom is -0.389 e. The van der Waals surface area contributed by atoms with Crippen molar-refractivity contribution in [3.8, 4) is 0 Å². The molecule has 0 spiro atoms. The average Bonchev–Trinajstić information content (AvgIpc) is 2.46. The molecule has 3 N–H and O–H groups in total. The van der Waals surface area contributed by atoms with Crippen molar-refractivity contribution in [1.82, 2.24) is 4.98 Å². The average molecular weight is 239 g/mol. The van der Waals surface area contributed by atoms with Crippen molar-refractivity contribution >= 4 is 23.0 Å². The Bertz CT molecular complexity index is 417. The van der Waals surface area contributed by atoms with Gasteiger partial charge in [-0.25, -0.2) is 4.98 Å². The Morgan fingerprint density at radius 1 is 1.44 bits per heavy atom. The number of allylic oxidation sites excluding steroid dienone is 1. The van der Waals surface area contributed by atoms with Crippen LogP contribution in [0.5, 0.6) is 0 Å². The van der Waals surface area contributed by atoms with Crippen LogP contribution in [0.15, 0.2) is 18.3 Å². The summed E-state index contributed by atoms with van der Waals surface area (Å²) in [6.45, 7) is 0. The number of anilines is 1. The van der Waals surface area contributed by atoms with E-state index in [1.54, 1.807) is 0 Å². The Labute approximate surface area is 99.9 Å². The van der Waals surface area contributed by atoms with Crippen LogP contribution in [0.3, 0.4) is 0 Å².